The maximum absolute atomic E-state index is 5.04. The van der Waals surface area contributed by atoms with Crippen molar-refractivity contribution in [3.05, 3.63) is 41.3 Å². The van der Waals surface area contributed by atoms with E-state index in [1.807, 2.05) is 6.08 Å². The third-order valence-electron chi connectivity index (χ3n) is 2.74. The lowest BCUT2D eigenvalue weighted by Crippen LogP contribution is -2.14. The molecule has 1 aromatic rings. The summed E-state index contributed by atoms with van der Waals surface area (Å²) in [6.45, 7) is 0. The Morgan fingerprint density at radius 3 is 2.50 bits per heavy atom. The Morgan fingerprint density at radius 2 is 1.94 bits per heavy atom. The van der Waals surface area contributed by atoms with Crippen LogP contribution in [0.1, 0.15) is 11.1 Å². The van der Waals surface area contributed by atoms with E-state index >= 15 is 0 Å². The van der Waals surface area contributed by atoms with Crippen LogP contribution in [-0.4, -0.2) is 23.7 Å². The molecule has 84 valence electrons. The maximum atomic E-state index is 5.04. The lowest BCUT2D eigenvalue weighted by atomic mass is 9.98. The second kappa shape index (κ2) is 5.03. The minimum absolute atomic E-state index is 0.247. The molecule has 0 unspecified atom stereocenters. The fourth-order valence-electron chi connectivity index (χ4n) is 1.77. The van der Waals surface area contributed by atoms with Gasteiger partial charge in [-0.15, -0.1) is 0 Å². The fraction of sp³-hybridized carbons (Fsp3) is 0.231. The number of allylic oxidation sites excluding steroid dienone is 1. The van der Waals surface area contributed by atoms with Crippen LogP contribution in [0.2, 0.25) is 6.04 Å². The molecule has 0 saturated carbocycles. The summed E-state index contributed by atoms with van der Waals surface area (Å²) >= 11 is 0. The molecule has 16 heavy (non-hydrogen) atoms. The average Bonchev–Trinajstić information content (AvgIpc) is 2.28. The van der Waals surface area contributed by atoms with E-state index in [1.54, 1.807) is 14.2 Å². The largest absolute Gasteiger partial charge is 0.469 e. The fourth-order valence-corrected chi connectivity index (χ4v) is 3.13. The zero-order chi connectivity index (χ0) is 11.4. The van der Waals surface area contributed by atoms with Crippen molar-refractivity contribution in [3.63, 3.8) is 0 Å². The van der Waals surface area contributed by atoms with Gasteiger partial charge in [0.2, 0.25) is 0 Å². The van der Waals surface area contributed by atoms with Crippen molar-refractivity contribution in [1.82, 2.24) is 0 Å². The van der Waals surface area contributed by atoms with Gasteiger partial charge in [-0.2, -0.15) is 0 Å². The van der Waals surface area contributed by atoms with Crippen LogP contribution < -0.4 is 5.19 Å². The Morgan fingerprint density at radius 1 is 1.19 bits per heavy atom. The first kappa shape index (κ1) is 11.0. The summed E-state index contributed by atoms with van der Waals surface area (Å²) in [4.78, 5) is 0. The summed E-state index contributed by atoms with van der Waals surface area (Å²) in [6.07, 6.45) is 6.34. The quantitative estimate of drug-likeness (QED) is 0.575. The van der Waals surface area contributed by atoms with Crippen LogP contribution in [0.4, 0.5) is 0 Å². The first-order valence-electron chi connectivity index (χ1n) is 5.42. The number of methoxy groups -OCH3 is 2. The molecule has 0 aliphatic heterocycles. The van der Waals surface area contributed by atoms with Gasteiger partial charge in [0.05, 0.1) is 23.7 Å². The number of ether oxygens (including phenoxy) is 2. The Balaban J connectivity index is 1.91. The average molecular weight is 232 g/mol. The molecule has 0 amide bonds. The van der Waals surface area contributed by atoms with E-state index in [4.69, 9.17) is 9.47 Å². The van der Waals surface area contributed by atoms with Gasteiger partial charge in [-0.25, -0.2) is 0 Å². The molecule has 0 spiro atoms. The van der Waals surface area contributed by atoms with E-state index in [0.29, 0.717) is 5.95 Å². The van der Waals surface area contributed by atoms with Gasteiger partial charge < -0.3 is 9.47 Å². The van der Waals surface area contributed by atoms with Crippen molar-refractivity contribution in [2.45, 2.75) is 6.04 Å². The molecule has 2 nitrogen and oxygen atoms in total. The molecular weight excluding hydrogens is 216 g/mol. The Kier molecular flexibility index (Phi) is 3.46. The van der Waals surface area contributed by atoms with Crippen molar-refractivity contribution in [3.8, 4) is 0 Å². The van der Waals surface area contributed by atoms with Crippen molar-refractivity contribution >= 4 is 26.9 Å². The second-order valence-electron chi connectivity index (χ2n) is 3.77. The smallest absolute Gasteiger partial charge is 0.273 e. The number of hydrogen-bond acceptors (Lipinski definition) is 2. The van der Waals surface area contributed by atoms with E-state index in [-0.39, 0.29) is 9.52 Å². The Hall–Kier alpha value is -1.48. The topological polar surface area (TPSA) is 18.5 Å². The minimum atomic E-state index is -0.247. The number of fused-ring (bicyclic) bond motifs is 1. The van der Waals surface area contributed by atoms with Crippen LogP contribution in [0.25, 0.3) is 12.2 Å². The van der Waals surface area contributed by atoms with E-state index in [1.165, 1.54) is 16.3 Å². The summed E-state index contributed by atoms with van der Waals surface area (Å²) < 4.78 is 10.1. The molecule has 0 aromatic heterocycles. The summed E-state index contributed by atoms with van der Waals surface area (Å²) in [5.41, 5.74) is 2.75. The normalized spacial score (nSPS) is 12.1. The SMILES string of the molecule is COC(=CC[SiH2]c1ccc2c(c1)C=C2)OC. The molecule has 0 fully saturated rings. The molecule has 3 heteroatoms. The number of rotatable bonds is 5. The van der Waals surface area contributed by atoms with Crippen molar-refractivity contribution in [2.75, 3.05) is 14.2 Å². The lowest BCUT2D eigenvalue weighted by Gasteiger charge is -2.11. The summed E-state index contributed by atoms with van der Waals surface area (Å²) in [5.74, 6) is 0.622. The van der Waals surface area contributed by atoms with Crippen LogP contribution in [-0.2, 0) is 9.47 Å². The summed E-state index contributed by atoms with van der Waals surface area (Å²) in [7, 11) is 3.02. The lowest BCUT2D eigenvalue weighted by molar-refractivity contribution is 0.0948. The molecule has 1 aliphatic carbocycles. The molecule has 0 bridgehead atoms. The molecule has 1 aliphatic rings. The molecule has 0 radical (unpaired) electrons. The minimum Gasteiger partial charge on any atom is -0.469 e. The van der Waals surface area contributed by atoms with Crippen LogP contribution in [0.15, 0.2) is 30.2 Å². The third-order valence-corrected chi connectivity index (χ3v) is 4.33. The molecule has 1 aromatic carbocycles. The van der Waals surface area contributed by atoms with Crippen molar-refractivity contribution < 1.29 is 9.47 Å². The van der Waals surface area contributed by atoms with Gasteiger partial charge in [-0.1, -0.05) is 35.5 Å². The monoisotopic (exact) mass is 232 g/mol. The van der Waals surface area contributed by atoms with Gasteiger partial charge in [-0.05, 0) is 23.2 Å². The Bertz CT molecular complexity index is 430. The van der Waals surface area contributed by atoms with Crippen molar-refractivity contribution in [2.24, 2.45) is 0 Å². The third kappa shape index (κ3) is 2.36. The second-order valence-corrected chi connectivity index (χ2v) is 5.66. The molecular formula is C13H16O2Si. The van der Waals surface area contributed by atoms with E-state index in [0.717, 1.165) is 6.04 Å². The predicted octanol–water partition coefficient (Wildman–Crippen LogP) is 1.52. The predicted molar refractivity (Wildman–Crippen MR) is 70.5 cm³/mol. The maximum Gasteiger partial charge on any atom is 0.273 e. The Labute approximate surface area is 98.4 Å². The highest BCUT2D eigenvalue weighted by molar-refractivity contribution is 6.54. The highest BCUT2D eigenvalue weighted by atomic mass is 28.2. The van der Waals surface area contributed by atoms with Gasteiger partial charge >= 0.3 is 0 Å². The highest BCUT2D eigenvalue weighted by Gasteiger charge is 2.05. The zero-order valence-corrected chi connectivity index (χ0v) is 11.1. The molecule has 0 atom stereocenters. The standard InChI is InChI=1S/C13H16O2Si/c1-14-13(15-2)7-8-16-12-6-5-10-3-4-11(10)9-12/h3-7,9H,8,16H2,1-2H3. The zero-order valence-electron chi connectivity index (χ0n) is 9.69. The van der Waals surface area contributed by atoms with Gasteiger partial charge in [0.15, 0.2) is 0 Å². The molecule has 0 saturated heterocycles. The van der Waals surface area contributed by atoms with Gasteiger partial charge in [0.1, 0.15) is 0 Å². The first-order valence-corrected chi connectivity index (χ1v) is 7.13. The molecule has 0 N–H and O–H groups in total. The van der Waals surface area contributed by atoms with E-state index in [9.17, 15) is 0 Å². The van der Waals surface area contributed by atoms with Gasteiger partial charge in [0, 0.05) is 0 Å². The highest BCUT2D eigenvalue weighted by Crippen LogP contribution is 2.21. The number of hydrogen-bond donors (Lipinski definition) is 0. The molecule has 0 heterocycles. The van der Waals surface area contributed by atoms with Crippen LogP contribution in [0.3, 0.4) is 0 Å². The van der Waals surface area contributed by atoms with Crippen LogP contribution in [0, 0.1) is 0 Å². The van der Waals surface area contributed by atoms with Crippen LogP contribution in [0.5, 0.6) is 0 Å². The summed E-state index contributed by atoms with van der Waals surface area (Å²) in [6, 6.07) is 7.81. The molecule has 2 rings (SSSR count). The van der Waals surface area contributed by atoms with E-state index in [2.05, 4.69) is 30.4 Å². The number of benzene rings is 1. The first-order chi connectivity index (χ1) is 7.83. The van der Waals surface area contributed by atoms with Gasteiger partial charge in [0.25, 0.3) is 5.95 Å². The van der Waals surface area contributed by atoms with Crippen molar-refractivity contribution in [1.29, 1.82) is 0 Å². The van der Waals surface area contributed by atoms with Gasteiger partial charge in [-0.3, -0.25) is 0 Å². The van der Waals surface area contributed by atoms with Crippen LogP contribution >= 0.6 is 0 Å². The summed E-state index contributed by atoms with van der Waals surface area (Å²) in [5, 5.41) is 1.49. The van der Waals surface area contributed by atoms with E-state index < -0.39 is 0 Å².